The minimum Gasteiger partial charge on any atom is -0.475 e. The van der Waals surface area contributed by atoms with Gasteiger partial charge in [-0.05, 0) is 18.9 Å². The number of carbonyl (C=O) groups excluding carboxylic acids is 1. The molecule has 6 nitrogen and oxygen atoms in total. The van der Waals surface area contributed by atoms with Gasteiger partial charge in [0.2, 0.25) is 5.39 Å². The Kier molecular flexibility index (Phi) is 6.75. The maximum Gasteiger partial charge on any atom is 0.547 e. The van der Waals surface area contributed by atoms with Crippen LogP contribution in [0.25, 0.3) is 4.98 Å². The number of benzene rings is 1. The van der Waals surface area contributed by atoms with Crippen molar-refractivity contribution in [3.63, 3.8) is 0 Å². The summed E-state index contributed by atoms with van der Waals surface area (Å²) < 4.78 is 10.1. The fourth-order valence-corrected chi connectivity index (χ4v) is 1.78. The molecule has 0 unspecified atom stereocenters. The number of nitrogens with zero attached hydrogens (tertiary/aromatic N) is 2. The summed E-state index contributed by atoms with van der Waals surface area (Å²) in [4.78, 5) is 14.7. The van der Waals surface area contributed by atoms with E-state index in [0.717, 1.165) is 12.0 Å². The third kappa shape index (κ3) is 4.80. The molecule has 0 aromatic heterocycles. The van der Waals surface area contributed by atoms with Crippen LogP contribution in [0.4, 0.5) is 0 Å². The fraction of sp³-hybridized carbons (Fsp3) is 0.400. The van der Waals surface area contributed by atoms with Gasteiger partial charge in [0.05, 0.1) is 6.61 Å². The number of carbonyl (C=O) groups is 1. The van der Waals surface area contributed by atoms with Gasteiger partial charge in [0.25, 0.3) is 0 Å². The topological polar surface area (TPSA) is 83.9 Å². The minimum absolute atomic E-state index is 0.134. The number of rotatable bonds is 7. The first-order valence-corrected chi connectivity index (χ1v) is 6.81. The van der Waals surface area contributed by atoms with Gasteiger partial charge in [-0.1, -0.05) is 43.7 Å². The Morgan fingerprint density at radius 2 is 2.00 bits per heavy atom. The highest BCUT2D eigenvalue weighted by molar-refractivity contribution is 5.90. The van der Waals surface area contributed by atoms with Crippen molar-refractivity contribution in [3.05, 3.63) is 52.5 Å². The third-order valence-electron chi connectivity index (χ3n) is 2.75. The van der Waals surface area contributed by atoms with Crippen LogP contribution in [-0.2, 0) is 14.3 Å². The van der Waals surface area contributed by atoms with Gasteiger partial charge in [-0.2, -0.15) is 0 Å². The Balaban J connectivity index is 2.91. The largest absolute Gasteiger partial charge is 0.547 e. The molecule has 0 fully saturated rings. The Hall–Kier alpha value is -2.55. The zero-order valence-corrected chi connectivity index (χ0v) is 12.2. The quantitative estimate of drug-likeness (QED) is 0.358. The molecule has 1 rings (SSSR count). The lowest BCUT2D eigenvalue weighted by Crippen LogP contribution is -2.14. The van der Waals surface area contributed by atoms with Crippen molar-refractivity contribution in [3.8, 4) is 0 Å². The van der Waals surface area contributed by atoms with Crippen molar-refractivity contribution in [1.29, 1.82) is 5.39 Å². The molecular formula is C15H19N2O4+. The number of hydrogen-bond donors (Lipinski definition) is 1. The van der Waals surface area contributed by atoms with Crippen LogP contribution >= 0.6 is 0 Å². The average Bonchev–Trinajstić information content (AvgIpc) is 2.48. The molecule has 0 radical (unpaired) electrons. The first-order valence-electron chi connectivity index (χ1n) is 6.81. The molecule has 21 heavy (non-hydrogen) atoms. The molecule has 0 bridgehead atoms. The van der Waals surface area contributed by atoms with Gasteiger partial charge in [0.15, 0.2) is 4.98 Å². The van der Waals surface area contributed by atoms with Crippen molar-refractivity contribution in [1.82, 2.24) is 0 Å². The summed E-state index contributed by atoms with van der Waals surface area (Å²) in [6.45, 7) is 3.73. The van der Waals surface area contributed by atoms with E-state index in [4.69, 9.17) is 14.9 Å². The number of diazo groups is 1. The molecule has 112 valence electrons. The maximum absolute atomic E-state index is 12.0. The van der Waals surface area contributed by atoms with E-state index in [1.165, 1.54) is 0 Å². The molecule has 0 amide bonds. The van der Waals surface area contributed by atoms with Crippen LogP contribution in [-0.4, -0.2) is 17.7 Å². The van der Waals surface area contributed by atoms with Crippen molar-refractivity contribution < 1.29 is 19.4 Å². The normalized spacial score (nSPS) is 12.8. The number of hydrogen-bond acceptors (Lipinski definition) is 5. The lowest BCUT2D eigenvalue weighted by molar-refractivity contribution is -0.145. The SMILES string of the molecule is CCC[C@H](OC(=O)/C([N+]#N)=C(/O)OCC)c1ccccc1. The van der Waals surface area contributed by atoms with Gasteiger partial charge in [-0.25, -0.2) is 4.79 Å². The van der Waals surface area contributed by atoms with Gasteiger partial charge in [-0.15, -0.1) is 0 Å². The summed E-state index contributed by atoms with van der Waals surface area (Å²) in [5.74, 6) is -1.70. The monoisotopic (exact) mass is 291 g/mol. The summed E-state index contributed by atoms with van der Waals surface area (Å²) in [5, 5.41) is 18.3. The second-order valence-electron chi connectivity index (χ2n) is 4.28. The molecule has 1 aromatic carbocycles. The molecule has 0 spiro atoms. The molecular weight excluding hydrogens is 272 g/mol. The van der Waals surface area contributed by atoms with E-state index < -0.39 is 23.7 Å². The van der Waals surface area contributed by atoms with Crippen molar-refractivity contribution in [2.24, 2.45) is 0 Å². The van der Waals surface area contributed by atoms with E-state index in [-0.39, 0.29) is 6.61 Å². The number of aliphatic hydroxyl groups is 1. The molecule has 0 aliphatic carbocycles. The highest BCUT2D eigenvalue weighted by Gasteiger charge is 2.35. The van der Waals surface area contributed by atoms with Gasteiger partial charge in [0, 0.05) is 0 Å². The molecule has 0 heterocycles. The minimum atomic E-state index is -0.939. The number of ether oxygens (including phenoxy) is 2. The smallest absolute Gasteiger partial charge is 0.475 e. The van der Waals surface area contributed by atoms with Crippen molar-refractivity contribution in [2.45, 2.75) is 32.8 Å². The summed E-state index contributed by atoms with van der Waals surface area (Å²) in [6, 6.07) is 9.24. The second kappa shape index (κ2) is 8.59. The van der Waals surface area contributed by atoms with Crippen LogP contribution < -0.4 is 0 Å². The van der Waals surface area contributed by atoms with E-state index in [0.29, 0.717) is 6.42 Å². The van der Waals surface area contributed by atoms with Crippen LogP contribution in [0.15, 0.2) is 42.0 Å². The zero-order chi connectivity index (χ0) is 15.7. The Morgan fingerprint density at radius 1 is 1.33 bits per heavy atom. The van der Waals surface area contributed by atoms with E-state index in [1.54, 1.807) is 6.92 Å². The molecule has 1 atom stereocenters. The van der Waals surface area contributed by atoms with Gasteiger partial charge < -0.3 is 14.6 Å². The van der Waals surface area contributed by atoms with E-state index >= 15 is 0 Å². The molecule has 0 saturated carbocycles. The van der Waals surface area contributed by atoms with E-state index in [1.807, 2.05) is 37.3 Å². The van der Waals surface area contributed by atoms with Crippen LogP contribution in [0.5, 0.6) is 0 Å². The second-order valence-corrected chi connectivity index (χ2v) is 4.28. The van der Waals surface area contributed by atoms with Crippen molar-refractivity contribution >= 4 is 5.97 Å². The fourth-order valence-electron chi connectivity index (χ4n) is 1.78. The summed E-state index contributed by atoms with van der Waals surface area (Å²) in [6.07, 6.45) is 0.943. The van der Waals surface area contributed by atoms with Gasteiger partial charge >= 0.3 is 17.6 Å². The molecule has 1 aromatic rings. The van der Waals surface area contributed by atoms with Gasteiger partial charge in [-0.3, -0.25) is 0 Å². The van der Waals surface area contributed by atoms with E-state index in [9.17, 15) is 9.90 Å². The first kappa shape index (κ1) is 16.5. The summed E-state index contributed by atoms with van der Waals surface area (Å²) in [7, 11) is 0. The van der Waals surface area contributed by atoms with Crippen LogP contribution in [0.2, 0.25) is 0 Å². The predicted molar refractivity (Wildman–Crippen MR) is 76.5 cm³/mol. The average molecular weight is 291 g/mol. The summed E-state index contributed by atoms with van der Waals surface area (Å²) in [5.41, 5.74) is 0.190. The standard InChI is InChI=1S/C15H18N2O4/c1-3-8-12(11-9-6-5-7-10-11)21-15(19)13(17-16)14(18)20-4-2/h5-7,9-10,12H,3-4,8H2,1-2H3/p+1/t12-/m0/s1. The van der Waals surface area contributed by atoms with Crippen LogP contribution in [0, 0.1) is 5.39 Å². The molecule has 0 saturated heterocycles. The van der Waals surface area contributed by atoms with E-state index in [2.05, 4.69) is 4.98 Å². The van der Waals surface area contributed by atoms with Gasteiger partial charge in [0.1, 0.15) is 6.10 Å². The lowest BCUT2D eigenvalue weighted by atomic mass is 10.1. The highest BCUT2D eigenvalue weighted by Crippen LogP contribution is 2.24. The molecule has 0 aliphatic rings. The molecule has 1 N–H and O–H groups in total. The third-order valence-corrected chi connectivity index (χ3v) is 2.75. The Bertz CT molecular complexity index is 534. The Morgan fingerprint density at radius 3 is 2.52 bits per heavy atom. The van der Waals surface area contributed by atoms with Crippen LogP contribution in [0.1, 0.15) is 38.4 Å². The first-order chi connectivity index (χ1) is 10.1. The lowest BCUT2D eigenvalue weighted by Gasteiger charge is -2.15. The van der Waals surface area contributed by atoms with Crippen LogP contribution in [0.3, 0.4) is 0 Å². The number of aliphatic hydroxyl groups excluding tert-OH is 1. The molecule has 0 aliphatic heterocycles. The maximum atomic E-state index is 12.0. The van der Waals surface area contributed by atoms with Crippen molar-refractivity contribution in [2.75, 3.05) is 6.61 Å². The number of esters is 1. The zero-order valence-electron chi connectivity index (χ0n) is 12.2. The summed E-state index contributed by atoms with van der Waals surface area (Å²) >= 11 is 0. The predicted octanol–water partition coefficient (Wildman–Crippen LogP) is 3.69. The molecule has 6 heteroatoms. The highest BCUT2D eigenvalue weighted by atomic mass is 16.6. The Labute approximate surface area is 123 Å².